The van der Waals surface area contributed by atoms with Crippen molar-refractivity contribution in [2.24, 2.45) is 0 Å². The summed E-state index contributed by atoms with van der Waals surface area (Å²) < 4.78 is 12.6. The van der Waals surface area contributed by atoms with Crippen LogP contribution in [0.3, 0.4) is 0 Å². The molecular weight excluding hydrogens is 225 g/mol. The second-order valence-corrected chi connectivity index (χ2v) is 3.78. The Morgan fingerprint density at radius 3 is 1.72 bits per heavy atom. The molecule has 0 spiro atoms. The lowest BCUT2D eigenvalue weighted by molar-refractivity contribution is 0.617. The number of aromatic nitrogens is 1. The minimum atomic E-state index is -0.116. The molecular formula is C16H22FN. The first-order valence-corrected chi connectivity index (χ1v) is 6.19. The van der Waals surface area contributed by atoms with E-state index < -0.39 is 0 Å². The Morgan fingerprint density at radius 1 is 0.833 bits per heavy atom. The van der Waals surface area contributed by atoms with Crippen LogP contribution in [-0.2, 0) is 0 Å². The van der Waals surface area contributed by atoms with E-state index in [0.29, 0.717) is 5.56 Å². The molecule has 0 saturated heterocycles. The molecule has 0 radical (unpaired) electrons. The Kier molecular flexibility index (Phi) is 8.46. The second-order valence-electron chi connectivity index (χ2n) is 3.78. The first kappa shape index (κ1) is 16.3. The summed E-state index contributed by atoms with van der Waals surface area (Å²) in [6.45, 7) is 9.68. The molecule has 2 heteroatoms. The van der Waals surface area contributed by atoms with Crippen LogP contribution in [0.4, 0.5) is 4.39 Å². The summed E-state index contributed by atoms with van der Waals surface area (Å²) in [6.07, 6.45) is 3.57. The van der Waals surface area contributed by atoms with E-state index in [1.807, 2.05) is 45.9 Å². The Labute approximate surface area is 110 Å². The fourth-order valence-electron chi connectivity index (χ4n) is 1.12. The fourth-order valence-corrected chi connectivity index (χ4v) is 1.12. The second kappa shape index (κ2) is 9.34. The van der Waals surface area contributed by atoms with Gasteiger partial charge in [-0.1, -0.05) is 26.0 Å². The zero-order chi connectivity index (χ0) is 14.0. The van der Waals surface area contributed by atoms with Gasteiger partial charge in [0.25, 0.3) is 0 Å². The van der Waals surface area contributed by atoms with Crippen molar-refractivity contribution in [2.45, 2.75) is 34.6 Å². The molecule has 0 unspecified atom stereocenters. The Balaban J connectivity index is 0.000000289. The highest BCUT2D eigenvalue weighted by Crippen LogP contribution is 2.06. The summed E-state index contributed by atoms with van der Waals surface area (Å²) in [5, 5.41) is 0. The van der Waals surface area contributed by atoms with Crippen molar-refractivity contribution in [3.63, 3.8) is 0 Å². The molecule has 1 heterocycles. The Bertz CT molecular complexity index is 438. The van der Waals surface area contributed by atoms with Crippen molar-refractivity contribution >= 4 is 0 Å². The number of hydrogen-bond donors (Lipinski definition) is 0. The molecule has 0 saturated carbocycles. The van der Waals surface area contributed by atoms with Crippen LogP contribution in [0.5, 0.6) is 0 Å². The third-order valence-electron chi connectivity index (χ3n) is 2.17. The number of rotatable bonds is 0. The summed E-state index contributed by atoms with van der Waals surface area (Å²) in [6, 6.07) is 9.17. The van der Waals surface area contributed by atoms with Crippen LogP contribution < -0.4 is 0 Å². The van der Waals surface area contributed by atoms with E-state index in [-0.39, 0.29) is 5.82 Å². The normalized spacial score (nSPS) is 8.56. The van der Waals surface area contributed by atoms with Crippen LogP contribution in [0.1, 0.15) is 30.5 Å². The van der Waals surface area contributed by atoms with Gasteiger partial charge in [-0.2, -0.15) is 0 Å². The van der Waals surface area contributed by atoms with Gasteiger partial charge >= 0.3 is 0 Å². The molecule has 98 valence electrons. The van der Waals surface area contributed by atoms with Gasteiger partial charge in [0.1, 0.15) is 5.82 Å². The summed E-state index contributed by atoms with van der Waals surface area (Å²) >= 11 is 0. The summed E-state index contributed by atoms with van der Waals surface area (Å²) in [7, 11) is 0. The number of hydrogen-bond acceptors (Lipinski definition) is 1. The zero-order valence-electron chi connectivity index (χ0n) is 11.9. The number of nitrogens with zero attached hydrogens (tertiary/aromatic N) is 1. The molecule has 0 bridgehead atoms. The number of halogens is 1. The Morgan fingerprint density at radius 2 is 1.39 bits per heavy atom. The smallest absolute Gasteiger partial charge is 0.126 e. The van der Waals surface area contributed by atoms with Crippen molar-refractivity contribution in [1.29, 1.82) is 0 Å². The molecule has 0 amide bonds. The van der Waals surface area contributed by atoms with Crippen LogP contribution in [0, 0.1) is 26.6 Å². The molecule has 1 nitrogen and oxygen atoms in total. The van der Waals surface area contributed by atoms with Gasteiger partial charge in [-0.25, -0.2) is 4.39 Å². The third kappa shape index (κ3) is 6.79. The lowest BCUT2D eigenvalue weighted by atomic mass is 10.2. The first-order chi connectivity index (χ1) is 8.59. The number of pyridine rings is 1. The maximum atomic E-state index is 12.6. The molecule has 0 atom stereocenters. The van der Waals surface area contributed by atoms with Crippen molar-refractivity contribution in [1.82, 2.24) is 4.98 Å². The highest BCUT2D eigenvalue weighted by atomic mass is 19.1. The summed E-state index contributed by atoms with van der Waals surface area (Å²) in [5.74, 6) is -0.116. The third-order valence-corrected chi connectivity index (χ3v) is 2.17. The van der Waals surface area contributed by atoms with Crippen molar-refractivity contribution < 1.29 is 4.39 Å². The standard InChI is InChI=1S/C8H9F.C6H7N.C2H6/c1-6-3-4-7(2)8(9)5-6;1-6-2-4-7-5-3-6;1-2/h3-5H,1-2H3;2-5H,1H3;1-2H3. The summed E-state index contributed by atoms with van der Waals surface area (Å²) in [4.78, 5) is 3.85. The minimum absolute atomic E-state index is 0.116. The molecule has 0 fully saturated rings. The average molecular weight is 247 g/mol. The SMILES string of the molecule is CC.Cc1ccc(C)c(F)c1.Cc1ccncc1. The Hall–Kier alpha value is -1.70. The fraction of sp³-hybridized carbons (Fsp3) is 0.312. The van der Waals surface area contributed by atoms with Gasteiger partial charge in [0.15, 0.2) is 0 Å². The van der Waals surface area contributed by atoms with Crippen molar-refractivity contribution in [3.8, 4) is 0 Å². The molecule has 1 aromatic carbocycles. The van der Waals surface area contributed by atoms with Crippen LogP contribution in [0.25, 0.3) is 0 Å². The molecule has 1 aromatic heterocycles. The van der Waals surface area contributed by atoms with Crippen LogP contribution in [0.2, 0.25) is 0 Å². The molecule has 2 aromatic rings. The van der Waals surface area contributed by atoms with E-state index in [9.17, 15) is 4.39 Å². The number of aryl methyl sites for hydroxylation is 3. The monoisotopic (exact) mass is 247 g/mol. The molecule has 0 aliphatic heterocycles. The lowest BCUT2D eigenvalue weighted by Crippen LogP contribution is -1.81. The average Bonchev–Trinajstić information content (AvgIpc) is 2.38. The highest BCUT2D eigenvalue weighted by molar-refractivity contribution is 5.21. The van der Waals surface area contributed by atoms with Gasteiger partial charge in [-0.3, -0.25) is 4.98 Å². The topological polar surface area (TPSA) is 12.9 Å². The summed E-state index contributed by atoms with van der Waals surface area (Å²) in [5.41, 5.74) is 2.94. The van der Waals surface area contributed by atoms with Crippen LogP contribution in [-0.4, -0.2) is 4.98 Å². The maximum absolute atomic E-state index is 12.6. The van der Waals surface area contributed by atoms with Crippen LogP contribution >= 0.6 is 0 Å². The molecule has 0 N–H and O–H groups in total. The predicted octanol–water partition coefficient (Wildman–Crippen LogP) is 4.86. The van der Waals surface area contributed by atoms with E-state index in [1.54, 1.807) is 25.4 Å². The maximum Gasteiger partial charge on any atom is 0.126 e. The molecule has 0 aliphatic rings. The van der Waals surface area contributed by atoms with Gasteiger partial charge in [-0.05, 0) is 55.7 Å². The van der Waals surface area contributed by atoms with Gasteiger partial charge in [0.2, 0.25) is 0 Å². The van der Waals surface area contributed by atoms with E-state index >= 15 is 0 Å². The minimum Gasteiger partial charge on any atom is -0.265 e. The quantitative estimate of drug-likeness (QED) is 0.648. The number of benzene rings is 1. The van der Waals surface area contributed by atoms with Gasteiger partial charge in [-0.15, -0.1) is 0 Å². The highest BCUT2D eigenvalue weighted by Gasteiger charge is 1.93. The molecule has 2 rings (SSSR count). The van der Waals surface area contributed by atoms with Gasteiger partial charge < -0.3 is 0 Å². The van der Waals surface area contributed by atoms with Gasteiger partial charge in [0, 0.05) is 12.4 Å². The van der Waals surface area contributed by atoms with Crippen molar-refractivity contribution in [2.75, 3.05) is 0 Å². The van der Waals surface area contributed by atoms with Crippen LogP contribution in [0.15, 0.2) is 42.7 Å². The molecule has 0 aliphatic carbocycles. The largest absolute Gasteiger partial charge is 0.265 e. The van der Waals surface area contributed by atoms with E-state index in [0.717, 1.165) is 5.56 Å². The van der Waals surface area contributed by atoms with E-state index in [4.69, 9.17) is 0 Å². The van der Waals surface area contributed by atoms with Crippen molar-refractivity contribution in [3.05, 3.63) is 65.2 Å². The first-order valence-electron chi connectivity index (χ1n) is 6.19. The molecule has 18 heavy (non-hydrogen) atoms. The van der Waals surface area contributed by atoms with Gasteiger partial charge in [0.05, 0.1) is 0 Å². The lowest BCUT2D eigenvalue weighted by Gasteiger charge is -1.94. The predicted molar refractivity (Wildman–Crippen MR) is 76.2 cm³/mol. The van der Waals surface area contributed by atoms with E-state index in [1.165, 1.54) is 11.6 Å². The van der Waals surface area contributed by atoms with E-state index in [2.05, 4.69) is 4.98 Å². The zero-order valence-corrected chi connectivity index (χ0v) is 11.9.